The van der Waals surface area contributed by atoms with E-state index in [-0.39, 0.29) is 29.6 Å². The molecule has 1 aromatic heterocycles. The Morgan fingerprint density at radius 3 is 2.71 bits per heavy atom. The molecule has 0 bridgehead atoms. The topological polar surface area (TPSA) is 72.3 Å². The van der Waals surface area contributed by atoms with Gasteiger partial charge in [0.05, 0.1) is 17.9 Å². The van der Waals surface area contributed by atoms with Crippen molar-refractivity contribution in [1.29, 1.82) is 0 Å². The quantitative estimate of drug-likeness (QED) is 0.626. The predicted molar refractivity (Wildman–Crippen MR) is 118 cm³/mol. The van der Waals surface area contributed by atoms with Crippen LogP contribution in [0.1, 0.15) is 50.9 Å². The highest BCUT2D eigenvalue weighted by Crippen LogP contribution is 2.29. The van der Waals surface area contributed by atoms with Gasteiger partial charge in [-0.1, -0.05) is 18.2 Å². The van der Waals surface area contributed by atoms with E-state index in [1.165, 1.54) is 43.2 Å². The lowest BCUT2D eigenvalue weighted by molar-refractivity contribution is -0.119. The van der Waals surface area contributed by atoms with Crippen LogP contribution in [0.5, 0.6) is 0 Å². The standard InChI is InChI=1S/C22H30FN5O2S/c1-16(27-11-3-2-4-12-27)21-25-26-22(28(21)18-9-7-17(23)8-10-18)31-15-20(29)24-14-19-6-5-13-30-19/h7-10,16,19H,2-6,11-15H2,1H3,(H,24,29)/t16-,19+/m1/s1. The van der Waals surface area contributed by atoms with Crippen LogP contribution in [0.4, 0.5) is 4.39 Å². The summed E-state index contributed by atoms with van der Waals surface area (Å²) in [7, 11) is 0. The number of likely N-dealkylation sites (tertiary alicyclic amines) is 1. The molecule has 1 N–H and O–H groups in total. The molecule has 0 aliphatic carbocycles. The minimum absolute atomic E-state index is 0.0558. The van der Waals surface area contributed by atoms with Crippen molar-refractivity contribution in [2.45, 2.75) is 56.3 Å². The van der Waals surface area contributed by atoms with Gasteiger partial charge < -0.3 is 10.1 Å². The Morgan fingerprint density at radius 2 is 2.00 bits per heavy atom. The van der Waals surface area contributed by atoms with Crippen LogP contribution in [0, 0.1) is 5.82 Å². The molecule has 2 aliphatic rings. The molecule has 168 valence electrons. The second-order valence-corrected chi connectivity index (χ2v) is 9.10. The number of halogens is 1. The molecule has 2 aliphatic heterocycles. The first kappa shape index (κ1) is 22.2. The largest absolute Gasteiger partial charge is 0.376 e. The Balaban J connectivity index is 1.49. The smallest absolute Gasteiger partial charge is 0.230 e. The second-order valence-electron chi connectivity index (χ2n) is 8.15. The van der Waals surface area contributed by atoms with Gasteiger partial charge >= 0.3 is 0 Å². The molecular weight excluding hydrogens is 417 g/mol. The lowest BCUT2D eigenvalue weighted by Gasteiger charge is -2.31. The third-order valence-corrected chi connectivity index (χ3v) is 6.87. The summed E-state index contributed by atoms with van der Waals surface area (Å²) in [6.07, 6.45) is 5.78. The maximum Gasteiger partial charge on any atom is 0.230 e. The van der Waals surface area contributed by atoms with E-state index in [2.05, 4.69) is 27.3 Å². The average Bonchev–Trinajstić information content (AvgIpc) is 3.47. The van der Waals surface area contributed by atoms with Gasteiger partial charge in [-0.2, -0.15) is 0 Å². The highest BCUT2D eigenvalue weighted by atomic mass is 32.2. The van der Waals surface area contributed by atoms with Crippen molar-refractivity contribution < 1.29 is 13.9 Å². The summed E-state index contributed by atoms with van der Waals surface area (Å²) in [5.74, 6) is 0.713. The average molecular weight is 448 g/mol. The van der Waals surface area contributed by atoms with Crippen molar-refractivity contribution in [2.24, 2.45) is 0 Å². The van der Waals surface area contributed by atoms with E-state index < -0.39 is 0 Å². The summed E-state index contributed by atoms with van der Waals surface area (Å²) in [6, 6.07) is 6.42. The Labute approximate surface area is 186 Å². The van der Waals surface area contributed by atoms with E-state index in [0.717, 1.165) is 44.0 Å². The van der Waals surface area contributed by atoms with Crippen LogP contribution in [0.25, 0.3) is 5.69 Å². The molecule has 4 rings (SSSR count). The summed E-state index contributed by atoms with van der Waals surface area (Å²) in [4.78, 5) is 14.8. The molecule has 2 atom stereocenters. The SMILES string of the molecule is C[C@H](c1nnc(SCC(=O)NC[C@@H]2CCCO2)n1-c1ccc(F)cc1)N1CCCCC1. The number of nitrogens with one attached hydrogen (secondary N) is 1. The monoisotopic (exact) mass is 447 g/mol. The van der Waals surface area contributed by atoms with Crippen molar-refractivity contribution in [3.05, 3.63) is 35.9 Å². The highest BCUT2D eigenvalue weighted by Gasteiger charge is 2.26. The van der Waals surface area contributed by atoms with Gasteiger partial charge in [0, 0.05) is 18.8 Å². The fourth-order valence-electron chi connectivity index (χ4n) is 4.16. The van der Waals surface area contributed by atoms with Crippen molar-refractivity contribution in [3.8, 4) is 5.69 Å². The molecule has 2 saturated heterocycles. The first-order valence-electron chi connectivity index (χ1n) is 11.1. The molecule has 9 heteroatoms. The number of hydrogen-bond acceptors (Lipinski definition) is 6. The molecule has 7 nitrogen and oxygen atoms in total. The normalized spacial score (nSPS) is 20.6. The highest BCUT2D eigenvalue weighted by molar-refractivity contribution is 7.99. The Kier molecular flexibility index (Phi) is 7.58. The fraction of sp³-hybridized carbons (Fsp3) is 0.591. The van der Waals surface area contributed by atoms with Crippen molar-refractivity contribution in [3.63, 3.8) is 0 Å². The zero-order valence-corrected chi connectivity index (χ0v) is 18.7. The number of amides is 1. The number of aromatic nitrogens is 3. The van der Waals surface area contributed by atoms with E-state index in [1.54, 1.807) is 12.1 Å². The lowest BCUT2D eigenvalue weighted by Crippen LogP contribution is -2.33. The first-order chi connectivity index (χ1) is 15.1. The third kappa shape index (κ3) is 5.64. The van der Waals surface area contributed by atoms with Crippen LogP contribution < -0.4 is 5.32 Å². The summed E-state index contributed by atoms with van der Waals surface area (Å²) >= 11 is 1.35. The van der Waals surface area contributed by atoms with E-state index in [9.17, 15) is 9.18 Å². The van der Waals surface area contributed by atoms with E-state index in [0.29, 0.717) is 11.7 Å². The molecule has 31 heavy (non-hydrogen) atoms. The van der Waals surface area contributed by atoms with E-state index >= 15 is 0 Å². The van der Waals surface area contributed by atoms with Crippen LogP contribution in [0.15, 0.2) is 29.4 Å². The molecule has 0 unspecified atom stereocenters. The Bertz CT molecular complexity index is 863. The van der Waals surface area contributed by atoms with Crippen LogP contribution in [0.2, 0.25) is 0 Å². The summed E-state index contributed by atoms with van der Waals surface area (Å²) in [5.41, 5.74) is 0.799. The first-order valence-corrected chi connectivity index (χ1v) is 12.1. The zero-order valence-electron chi connectivity index (χ0n) is 17.9. The van der Waals surface area contributed by atoms with Gasteiger partial charge in [0.2, 0.25) is 5.91 Å². The number of carbonyl (C=O) groups is 1. The van der Waals surface area contributed by atoms with E-state index in [1.807, 2.05) is 4.57 Å². The van der Waals surface area contributed by atoms with Gasteiger partial charge in [-0.25, -0.2) is 4.39 Å². The van der Waals surface area contributed by atoms with Crippen LogP contribution >= 0.6 is 11.8 Å². The third-order valence-electron chi connectivity index (χ3n) is 5.94. The van der Waals surface area contributed by atoms with Crippen LogP contribution in [-0.2, 0) is 9.53 Å². The maximum absolute atomic E-state index is 13.5. The lowest BCUT2D eigenvalue weighted by atomic mass is 10.1. The fourth-order valence-corrected chi connectivity index (χ4v) is 4.95. The molecule has 0 spiro atoms. The zero-order chi connectivity index (χ0) is 21.6. The Morgan fingerprint density at radius 1 is 1.23 bits per heavy atom. The number of nitrogens with zero attached hydrogens (tertiary/aromatic N) is 4. The second kappa shape index (κ2) is 10.6. The van der Waals surface area contributed by atoms with Gasteiger partial charge in [-0.3, -0.25) is 14.3 Å². The molecule has 3 heterocycles. The van der Waals surface area contributed by atoms with Gasteiger partial charge in [-0.05, 0) is 70.0 Å². The molecule has 0 radical (unpaired) electrons. The molecule has 2 fully saturated rings. The van der Waals surface area contributed by atoms with Crippen LogP contribution in [0.3, 0.4) is 0 Å². The summed E-state index contributed by atoms with van der Waals surface area (Å²) in [5, 5.41) is 12.5. The minimum Gasteiger partial charge on any atom is -0.376 e. The summed E-state index contributed by atoms with van der Waals surface area (Å²) < 4.78 is 21.0. The number of carbonyl (C=O) groups excluding carboxylic acids is 1. The molecule has 1 aromatic carbocycles. The molecular formula is C22H30FN5O2S. The predicted octanol–water partition coefficient (Wildman–Crippen LogP) is 3.34. The number of benzene rings is 1. The van der Waals surface area contributed by atoms with Gasteiger partial charge in [0.1, 0.15) is 5.82 Å². The number of piperidine rings is 1. The molecule has 2 aromatic rings. The van der Waals surface area contributed by atoms with Crippen molar-refractivity contribution >= 4 is 17.7 Å². The van der Waals surface area contributed by atoms with E-state index in [4.69, 9.17) is 4.74 Å². The Hall–Kier alpha value is -1.97. The number of thioether (sulfide) groups is 1. The number of ether oxygens (including phenoxy) is 1. The van der Waals surface area contributed by atoms with Crippen LogP contribution in [-0.4, -0.2) is 63.7 Å². The van der Waals surface area contributed by atoms with Crippen molar-refractivity contribution in [1.82, 2.24) is 25.0 Å². The maximum atomic E-state index is 13.5. The van der Waals surface area contributed by atoms with Gasteiger partial charge in [-0.15, -0.1) is 10.2 Å². The van der Waals surface area contributed by atoms with Crippen molar-refractivity contribution in [2.75, 3.05) is 32.0 Å². The molecule has 1 amide bonds. The van der Waals surface area contributed by atoms with Gasteiger partial charge in [0.25, 0.3) is 0 Å². The number of hydrogen-bond donors (Lipinski definition) is 1. The molecule has 0 saturated carbocycles. The summed E-state index contributed by atoms with van der Waals surface area (Å²) in [6.45, 7) is 5.52. The van der Waals surface area contributed by atoms with Gasteiger partial charge in [0.15, 0.2) is 11.0 Å². The minimum atomic E-state index is -0.287. The number of rotatable bonds is 8.